The summed E-state index contributed by atoms with van der Waals surface area (Å²) in [6.45, 7) is 10.2. The van der Waals surface area contributed by atoms with Gasteiger partial charge in [0.2, 0.25) is 5.91 Å². The average Bonchev–Trinajstić information content (AvgIpc) is 3.14. The van der Waals surface area contributed by atoms with E-state index in [-0.39, 0.29) is 17.2 Å². The van der Waals surface area contributed by atoms with E-state index in [0.29, 0.717) is 31.0 Å². The highest BCUT2D eigenvalue weighted by Crippen LogP contribution is 2.60. The Hall–Kier alpha value is -2.36. The van der Waals surface area contributed by atoms with Gasteiger partial charge in [-0.25, -0.2) is 0 Å². The highest BCUT2D eigenvalue weighted by Gasteiger charge is 2.61. The number of hydrogen-bond acceptors (Lipinski definition) is 2. The lowest BCUT2D eigenvalue weighted by Crippen LogP contribution is -2.45. The maximum Gasteiger partial charge on any atom is 0.251 e. The van der Waals surface area contributed by atoms with Gasteiger partial charge in [-0.05, 0) is 48.8 Å². The average molecular weight is 465 g/mol. The van der Waals surface area contributed by atoms with E-state index in [9.17, 15) is 9.59 Å². The largest absolute Gasteiger partial charge is 0.355 e. The predicted octanol–water partition coefficient (Wildman–Crippen LogP) is 6.68. The van der Waals surface area contributed by atoms with Crippen molar-refractivity contribution >= 4 is 17.4 Å². The molecule has 1 aromatic carbocycles. The summed E-state index contributed by atoms with van der Waals surface area (Å²) in [5.41, 5.74) is 1.81. The maximum atomic E-state index is 13.6. The molecule has 2 N–H and O–H groups in total. The Labute approximate surface area is 206 Å². The third-order valence-corrected chi connectivity index (χ3v) is 8.41. The van der Waals surface area contributed by atoms with Gasteiger partial charge in [-0.15, -0.1) is 0 Å². The molecule has 1 aliphatic carbocycles. The summed E-state index contributed by atoms with van der Waals surface area (Å²) < 4.78 is 0. The lowest BCUT2D eigenvalue weighted by atomic mass is 9.54. The van der Waals surface area contributed by atoms with Crippen LogP contribution in [-0.4, -0.2) is 24.9 Å². The van der Waals surface area contributed by atoms with E-state index >= 15 is 0 Å². The number of benzene rings is 1. The zero-order valence-corrected chi connectivity index (χ0v) is 21.7. The van der Waals surface area contributed by atoms with Gasteiger partial charge in [0.15, 0.2) is 0 Å². The van der Waals surface area contributed by atoms with Gasteiger partial charge in [0.25, 0.3) is 5.91 Å². The normalized spacial score (nSPS) is 24.7. The van der Waals surface area contributed by atoms with Crippen LogP contribution in [0.2, 0.25) is 0 Å². The third kappa shape index (κ3) is 4.87. The van der Waals surface area contributed by atoms with Crippen LogP contribution in [0, 0.1) is 16.7 Å². The van der Waals surface area contributed by atoms with Crippen molar-refractivity contribution in [2.45, 2.75) is 85.5 Å². The van der Waals surface area contributed by atoms with Crippen molar-refractivity contribution in [1.82, 2.24) is 10.6 Å². The number of nitrogens with one attached hydrogen (secondary N) is 2. The first-order chi connectivity index (χ1) is 16.5. The minimum absolute atomic E-state index is 0.0368. The Balaban J connectivity index is 1.97. The summed E-state index contributed by atoms with van der Waals surface area (Å²) in [6, 6.07) is 7.86. The number of rotatable bonds is 12. The van der Waals surface area contributed by atoms with E-state index in [1.807, 2.05) is 24.3 Å². The molecule has 3 unspecified atom stereocenters. The second kappa shape index (κ2) is 11.9. The van der Waals surface area contributed by atoms with Gasteiger partial charge in [-0.1, -0.05) is 96.2 Å². The lowest BCUT2D eigenvalue weighted by molar-refractivity contribution is -0.127. The lowest BCUT2D eigenvalue weighted by Gasteiger charge is -2.46. The topological polar surface area (TPSA) is 58.2 Å². The van der Waals surface area contributed by atoms with E-state index in [1.165, 1.54) is 12.8 Å². The Morgan fingerprint density at radius 3 is 2.59 bits per heavy atom. The van der Waals surface area contributed by atoms with Crippen molar-refractivity contribution < 1.29 is 9.59 Å². The number of carbonyl (C=O) groups excluding carboxylic acids is 2. The van der Waals surface area contributed by atoms with Gasteiger partial charge >= 0.3 is 0 Å². The Bertz CT molecular complexity index is 918. The fraction of sp³-hybridized carbons (Fsp3) is 0.600. The summed E-state index contributed by atoms with van der Waals surface area (Å²) in [7, 11) is 0. The first kappa shape index (κ1) is 26.2. The predicted molar refractivity (Wildman–Crippen MR) is 142 cm³/mol. The molecule has 0 aromatic heterocycles. The molecule has 1 fully saturated rings. The Morgan fingerprint density at radius 1 is 1.12 bits per heavy atom. The quantitative estimate of drug-likeness (QED) is 0.362. The molecule has 0 saturated carbocycles. The molecule has 3 rings (SSSR count). The summed E-state index contributed by atoms with van der Waals surface area (Å²) in [5, 5.41) is 6.45. The Kier molecular flexibility index (Phi) is 9.16. The minimum Gasteiger partial charge on any atom is -0.355 e. The van der Waals surface area contributed by atoms with Gasteiger partial charge in [-0.2, -0.15) is 0 Å². The smallest absolute Gasteiger partial charge is 0.251 e. The highest BCUT2D eigenvalue weighted by molar-refractivity contribution is 6.06. The molecule has 1 heterocycles. The van der Waals surface area contributed by atoms with Gasteiger partial charge in [-0.3, -0.25) is 9.59 Å². The van der Waals surface area contributed by atoms with Crippen molar-refractivity contribution in [2.24, 2.45) is 16.7 Å². The van der Waals surface area contributed by atoms with Gasteiger partial charge in [0.05, 0.1) is 5.41 Å². The van der Waals surface area contributed by atoms with Crippen LogP contribution in [0.1, 0.15) is 101 Å². The van der Waals surface area contributed by atoms with Crippen LogP contribution >= 0.6 is 0 Å². The second-order valence-corrected chi connectivity index (χ2v) is 10.2. The molecule has 2 amide bonds. The van der Waals surface area contributed by atoms with E-state index in [2.05, 4.69) is 56.6 Å². The van der Waals surface area contributed by atoms with Crippen molar-refractivity contribution in [3.63, 3.8) is 0 Å². The van der Waals surface area contributed by atoms with Crippen LogP contribution in [0.25, 0.3) is 5.57 Å². The summed E-state index contributed by atoms with van der Waals surface area (Å²) in [6.07, 6.45) is 15.7. The van der Waals surface area contributed by atoms with Crippen LogP contribution in [0.4, 0.5) is 0 Å². The van der Waals surface area contributed by atoms with E-state index < -0.39 is 5.41 Å². The summed E-state index contributed by atoms with van der Waals surface area (Å²) in [4.78, 5) is 27.1. The van der Waals surface area contributed by atoms with Crippen molar-refractivity contribution in [3.8, 4) is 0 Å². The molecular weight excluding hydrogens is 420 g/mol. The number of allylic oxidation sites excluding steroid dienone is 3. The van der Waals surface area contributed by atoms with E-state index in [4.69, 9.17) is 0 Å². The van der Waals surface area contributed by atoms with Crippen LogP contribution in [0.5, 0.6) is 0 Å². The maximum absolute atomic E-state index is 13.6. The second-order valence-electron chi connectivity index (χ2n) is 10.2. The molecule has 1 aliphatic heterocycles. The highest BCUT2D eigenvalue weighted by atomic mass is 16.2. The molecule has 1 aromatic rings. The van der Waals surface area contributed by atoms with Crippen molar-refractivity contribution in [2.75, 3.05) is 13.1 Å². The standard InChI is InChI=1S/C30H44N2O2/c1-5-9-15-23(7-3)21-31-27(33)25-17-12-11-16-24(25)26-18-13-14-20-30(26)28(34)32-22-29(30,8-4)19-10-6-2/h11-14,16-18,23H,5-10,15,19-22H2,1-4H3,(H,31,33)(H,32,34). The molecule has 1 saturated heterocycles. The fourth-order valence-corrected chi connectivity index (χ4v) is 6.10. The van der Waals surface area contributed by atoms with Crippen molar-refractivity contribution in [1.29, 1.82) is 0 Å². The molecule has 0 bridgehead atoms. The van der Waals surface area contributed by atoms with Gasteiger partial charge < -0.3 is 10.6 Å². The first-order valence-corrected chi connectivity index (χ1v) is 13.5. The number of amides is 2. The van der Waals surface area contributed by atoms with Crippen LogP contribution < -0.4 is 10.6 Å². The number of unbranched alkanes of at least 4 members (excludes halogenated alkanes) is 2. The van der Waals surface area contributed by atoms with E-state index in [1.54, 1.807) is 0 Å². The molecule has 1 spiro atoms. The number of hydrogen-bond donors (Lipinski definition) is 2. The fourth-order valence-electron chi connectivity index (χ4n) is 6.10. The molecule has 34 heavy (non-hydrogen) atoms. The minimum atomic E-state index is -0.630. The Morgan fingerprint density at radius 2 is 1.88 bits per heavy atom. The molecule has 4 nitrogen and oxygen atoms in total. The van der Waals surface area contributed by atoms with Gasteiger partial charge in [0.1, 0.15) is 0 Å². The monoisotopic (exact) mass is 464 g/mol. The zero-order valence-electron chi connectivity index (χ0n) is 21.7. The molecule has 4 heteroatoms. The summed E-state index contributed by atoms with van der Waals surface area (Å²) >= 11 is 0. The molecule has 0 radical (unpaired) electrons. The number of carbonyl (C=O) groups is 2. The SMILES string of the molecule is CCCCC(CC)CNC(=O)c1ccccc1C1=CC=CCC12C(=O)NCC2(CC)CCCC. The first-order valence-electron chi connectivity index (χ1n) is 13.5. The van der Waals surface area contributed by atoms with Crippen molar-refractivity contribution in [3.05, 3.63) is 53.6 Å². The van der Waals surface area contributed by atoms with Crippen LogP contribution in [-0.2, 0) is 4.79 Å². The van der Waals surface area contributed by atoms with Gasteiger partial charge in [0, 0.05) is 24.1 Å². The molecule has 3 atom stereocenters. The third-order valence-electron chi connectivity index (χ3n) is 8.41. The summed E-state index contributed by atoms with van der Waals surface area (Å²) in [5.74, 6) is 0.578. The zero-order chi connectivity index (χ0) is 24.6. The van der Waals surface area contributed by atoms with Crippen LogP contribution in [0.3, 0.4) is 0 Å². The molecule has 2 aliphatic rings. The molecule has 186 valence electrons. The van der Waals surface area contributed by atoms with Crippen LogP contribution in [0.15, 0.2) is 42.5 Å². The van der Waals surface area contributed by atoms with E-state index in [0.717, 1.165) is 49.7 Å². The molecular formula is C30H44N2O2.